The van der Waals surface area contributed by atoms with Gasteiger partial charge in [0.1, 0.15) is 0 Å². The van der Waals surface area contributed by atoms with Crippen molar-refractivity contribution in [1.29, 1.82) is 0 Å². The first-order chi connectivity index (χ1) is 8.48. The smallest absolute Gasteiger partial charge is 0.303 e. The third-order valence-corrected chi connectivity index (χ3v) is 3.76. The van der Waals surface area contributed by atoms with Gasteiger partial charge in [0.25, 0.3) is 0 Å². The normalized spacial score (nSPS) is 11.7. The lowest BCUT2D eigenvalue weighted by molar-refractivity contribution is -0.888. The molecule has 0 rings (SSSR count). The number of hydrogen-bond donors (Lipinski definition) is 1. The number of rotatable bonds is 12. The molecule has 0 atom stereocenters. The van der Waals surface area contributed by atoms with Gasteiger partial charge in [0.2, 0.25) is 0 Å². The summed E-state index contributed by atoms with van der Waals surface area (Å²) in [5, 5.41) is 8.50. The first-order valence-corrected chi connectivity index (χ1v) is 7.52. The Morgan fingerprint density at radius 1 is 0.889 bits per heavy atom. The molecule has 0 radical (unpaired) electrons. The Labute approximate surface area is 113 Å². The van der Waals surface area contributed by atoms with Crippen LogP contribution in [0.2, 0.25) is 0 Å². The molecule has 0 saturated heterocycles. The number of unbranched alkanes of at least 4 members (excludes halogenated alkanes) is 7. The Balaban J connectivity index is 3.15. The number of carbonyl (C=O) groups is 1. The van der Waals surface area contributed by atoms with Crippen LogP contribution in [-0.2, 0) is 4.79 Å². The van der Waals surface area contributed by atoms with Gasteiger partial charge >= 0.3 is 5.97 Å². The van der Waals surface area contributed by atoms with Crippen molar-refractivity contribution in [3.05, 3.63) is 0 Å². The second kappa shape index (κ2) is 10.4. The van der Waals surface area contributed by atoms with Crippen molar-refractivity contribution in [2.45, 2.75) is 64.7 Å². The van der Waals surface area contributed by atoms with Gasteiger partial charge in [0, 0.05) is 6.42 Å². The summed E-state index contributed by atoms with van der Waals surface area (Å²) in [6, 6.07) is 0. The molecule has 0 saturated carbocycles. The number of aliphatic carboxylic acids is 1. The Morgan fingerprint density at radius 2 is 1.33 bits per heavy atom. The largest absolute Gasteiger partial charge is 0.481 e. The van der Waals surface area contributed by atoms with Gasteiger partial charge in [0.15, 0.2) is 0 Å². The van der Waals surface area contributed by atoms with Crippen molar-refractivity contribution in [3.8, 4) is 0 Å². The lowest BCUT2D eigenvalue weighted by Gasteiger charge is -2.28. The number of nitrogens with zero attached hydrogens (tertiary/aromatic N) is 1. The Kier molecular flexibility index (Phi) is 10.0. The molecule has 0 aliphatic carbocycles. The van der Waals surface area contributed by atoms with Crippen LogP contribution in [0.25, 0.3) is 0 Å². The molecule has 0 aliphatic heterocycles. The number of carboxylic acids is 1. The van der Waals surface area contributed by atoms with E-state index in [1.165, 1.54) is 51.6 Å². The van der Waals surface area contributed by atoms with Crippen molar-refractivity contribution in [1.82, 2.24) is 0 Å². The average Bonchev–Trinajstić information content (AvgIpc) is 2.31. The highest BCUT2D eigenvalue weighted by Crippen LogP contribution is 2.10. The summed E-state index contributed by atoms with van der Waals surface area (Å²) in [4.78, 5) is 10.3. The third kappa shape index (κ3) is 11.9. The zero-order valence-corrected chi connectivity index (χ0v) is 12.6. The average molecular weight is 258 g/mol. The maximum atomic E-state index is 10.3. The summed E-state index contributed by atoms with van der Waals surface area (Å²) in [7, 11) is 4.59. The fourth-order valence-electron chi connectivity index (χ4n) is 2.03. The first-order valence-electron chi connectivity index (χ1n) is 7.52. The maximum absolute atomic E-state index is 10.3. The van der Waals surface area contributed by atoms with E-state index in [0.717, 1.165) is 17.3 Å². The minimum atomic E-state index is -0.660. The molecule has 0 bridgehead atoms. The number of hydrogen-bond acceptors (Lipinski definition) is 1. The molecule has 0 heterocycles. The van der Waals surface area contributed by atoms with Crippen molar-refractivity contribution in [3.63, 3.8) is 0 Å². The Morgan fingerprint density at radius 3 is 1.78 bits per heavy atom. The molecule has 3 nitrogen and oxygen atoms in total. The summed E-state index contributed by atoms with van der Waals surface area (Å²) in [6.07, 6.45) is 10.1. The van der Waals surface area contributed by atoms with Crippen LogP contribution in [0, 0.1) is 0 Å². The highest BCUT2D eigenvalue weighted by Gasteiger charge is 2.09. The van der Waals surface area contributed by atoms with Gasteiger partial charge in [-0.3, -0.25) is 4.79 Å². The van der Waals surface area contributed by atoms with Gasteiger partial charge in [-0.15, -0.1) is 0 Å². The molecule has 0 aromatic rings. The summed E-state index contributed by atoms with van der Waals surface area (Å²) in [6.45, 7) is 4.75. The summed E-state index contributed by atoms with van der Waals surface area (Å²) >= 11 is 0. The predicted molar refractivity (Wildman–Crippen MR) is 76.7 cm³/mol. The second-order valence-corrected chi connectivity index (χ2v) is 5.95. The maximum Gasteiger partial charge on any atom is 0.303 e. The van der Waals surface area contributed by atoms with Gasteiger partial charge in [-0.1, -0.05) is 32.1 Å². The molecule has 3 heteroatoms. The fourth-order valence-corrected chi connectivity index (χ4v) is 2.03. The highest BCUT2D eigenvalue weighted by molar-refractivity contribution is 5.66. The monoisotopic (exact) mass is 258 g/mol. The van der Waals surface area contributed by atoms with Crippen LogP contribution in [0.15, 0.2) is 0 Å². The minimum Gasteiger partial charge on any atom is -0.481 e. The molecule has 0 spiro atoms. The van der Waals surface area contributed by atoms with E-state index >= 15 is 0 Å². The molecule has 18 heavy (non-hydrogen) atoms. The molecular weight excluding hydrogens is 226 g/mol. The van der Waals surface area contributed by atoms with Crippen LogP contribution in [0.5, 0.6) is 0 Å². The minimum absolute atomic E-state index is 0.337. The Hall–Kier alpha value is -0.570. The molecule has 0 aromatic heterocycles. The van der Waals surface area contributed by atoms with E-state index in [4.69, 9.17) is 5.11 Å². The van der Waals surface area contributed by atoms with Crippen molar-refractivity contribution in [2.24, 2.45) is 0 Å². The number of quaternary nitrogens is 1. The van der Waals surface area contributed by atoms with Crippen molar-refractivity contribution >= 4 is 5.97 Å². The first kappa shape index (κ1) is 17.4. The van der Waals surface area contributed by atoms with Crippen LogP contribution >= 0.6 is 0 Å². The lowest BCUT2D eigenvalue weighted by Crippen LogP contribution is -2.39. The predicted octanol–water partition coefficient (Wildman–Crippen LogP) is 3.68. The molecule has 1 N–H and O–H groups in total. The van der Waals surface area contributed by atoms with E-state index in [1.54, 1.807) is 0 Å². The Bertz CT molecular complexity index is 215. The fraction of sp³-hybridized carbons (Fsp3) is 0.933. The van der Waals surface area contributed by atoms with Crippen molar-refractivity contribution < 1.29 is 14.4 Å². The van der Waals surface area contributed by atoms with Crippen molar-refractivity contribution in [2.75, 3.05) is 27.2 Å². The lowest BCUT2D eigenvalue weighted by atomic mass is 10.1. The van der Waals surface area contributed by atoms with Crippen LogP contribution in [0.1, 0.15) is 64.7 Å². The van der Waals surface area contributed by atoms with Gasteiger partial charge in [0.05, 0.1) is 27.2 Å². The van der Waals surface area contributed by atoms with Gasteiger partial charge in [-0.2, -0.15) is 0 Å². The third-order valence-electron chi connectivity index (χ3n) is 3.76. The van der Waals surface area contributed by atoms with E-state index in [2.05, 4.69) is 21.0 Å². The summed E-state index contributed by atoms with van der Waals surface area (Å²) in [5.74, 6) is -0.660. The van der Waals surface area contributed by atoms with Crippen LogP contribution in [-0.4, -0.2) is 42.7 Å². The molecule has 0 unspecified atom stereocenters. The van der Waals surface area contributed by atoms with E-state index < -0.39 is 5.97 Å². The topological polar surface area (TPSA) is 37.3 Å². The molecule has 0 aliphatic rings. The summed E-state index contributed by atoms with van der Waals surface area (Å²) in [5.41, 5.74) is 0. The summed E-state index contributed by atoms with van der Waals surface area (Å²) < 4.78 is 1.13. The molecule has 0 aromatic carbocycles. The molecule has 0 amide bonds. The highest BCUT2D eigenvalue weighted by atomic mass is 16.4. The number of carboxylic acid groups (broad SMARTS) is 1. The van der Waals surface area contributed by atoms with E-state index in [1.807, 2.05) is 0 Å². The molecular formula is C15H32NO2+. The molecule has 108 valence electrons. The zero-order chi connectivity index (χ0) is 13.9. The zero-order valence-electron chi connectivity index (χ0n) is 12.6. The van der Waals surface area contributed by atoms with Gasteiger partial charge in [-0.25, -0.2) is 0 Å². The second-order valence-electron chi connectivity index (χ2n) is 5.95. The van der Waals surface area contributed by atoms with Crippen LogP contribution in [0.4, 0.5) is 0 Å². The van der Waals surface area contributed by atoms with Gasteiger partial charge in [-0.05, 0) is 26.2 Å². The van der Waals surface area contributed by atoms with Crippen LogP contribution in [0.3, 0.4) is 0 Å². The van der Waals surface area contributed by atoms with E-state index in [9.17, 15) is 4.79 Å². The molecule has 0 fully saturated rings. The van der Waals surface area contributed by atoms with E-state index in [0.29, 0.717) is 6.42 Å². The SMILES string of the molecule is CC[N+](C)(C)CCCCCCCCCCC(=O)O. The quantitative estimate of drug-likeness (QED) is 0.428. The van der Waals surface area contributed by atoms with Gasteiger partial charge < -0.3 is 9.59 Å². The van der Waals surface area contributed by atoms with E-state index in [-0.39, 0.29) is 0 Å². The van der Waals surface area contributed by atoms with Crippen LogP contribution < -0.4 is 0 Å². The standard InChI is InChI=1S/C15H31NO2/c1-4-16(2,3)14-12-10-8-6-5-7-9-11-13-15(17)18/h4-14H2,1-3H3/p+1.